The van der Waals surface area contributed by atoms with Crippen LogP contribution in [0.1, 0.15) is 31.2 Å². The molecular weight excluding hydrogens is 338 g/mol. The molecule has 1 aliphatic rings. The molecule has 2 rings (SSSR count). The quantitative estimate of drug-likeness (QED) is 0.814. The van der Waals surface area contributed by atoms with E-state index in [-0.39, 0.29) is 23.7 Å². The summed E-state index contributed by atoms with van der Waals surface area (Å²) in [6, 6.07) is 5.54. The number of likely N-dealkylation sites (N-methyl/N-ethyl adjacent to an activating group) is 1. The Morgan fingerprint density at radius 3 is 2.28 bits per heavy atom. The van der Waals surface area contributed by atoms with E-state index >= 15 is 0 Å². The van der Waals surface area contributed by atoms with Gasteiger partial charge in [-0.3, -0.25) is 9.59 Å². The van der Waals surface area contributed by atoms with E-state index in [0.29, 0.717) is 11.6 Å². The molecule has 2 amide bonds. The monoisotopic (exact) mass is 365 g/mol. The van der Waals surface area contributed by atoms with Crippen LogP contribution in [0.2, 0.25) is 5.02 Å². The fourth-order valence-electron chi connectivity index (χ4n) is 3.08. The molecule has 0 unspecified atom stereocenters. The number of halogens is 1. The number of aryl methyl sites for hydroxylation is 1. The maximum absolute atomic E-state index is 12.4. The van der Waals surface area contributed by atoms with Gasteiger partial charge in [0.15, 0.2) is 0 Å². The zero-order chi connectivity index (χ0) is 18.4. The zero-order valence-corrected chi connectivity index (χ0v) is 16.0. The van der Waals surface area contributed by atoms with Crippen molar-refractivity contribution in [1.82, 2.24) is 10.2 Å². The Morgan fingerprint density at radius 1 is 1.12 bits per heavy atom. The lowest BCUT2D eigenvalue weighted by Crippen LogP contribution is -2.38. The van der Waals surface area contributed by atoms with Crippen molar-refractivity contribution < 1.29 is 9.59 Å². The van der Waals surface area contributed by atoms with Crippen molar-refractivity contribution in [2.24, 2.45) is 11.8 Å². The van der Waals surface area contributed by atoms with Gasteiger partial charge in [0.05, 0.1) is 0 Å². The number of anilines is 1. The van der Waals surface area contributed by atoms with Crippen molar-refractivity contribution in [3.05, 3.63) is 28.8 Å². The Balaban J connectivity index is 1.78. The molecule has 138 valence electrons. The summed E-state index contributed by atoms with van der Waals surface area (Å²) in [5.74, 6) is 0.128. The van der Waals surface area contributed by atoms with Crippen LogP contribution in [-0.2, 0) is 9.59 Å². The van der Waals surface area contributed by atoms with Crippen LogP contribution in [0.15, 0.2) is 18.2 Å². The molecule has 6 heteroatoms. The fraction of sp³-hybridized carbons (Fsp3) is 0.579. The Hall–Kier alpha value is -1.59. The first-order valence-corrected chi connectivity index (χ1v) is 9.24. The van der Waals surface area contributed by atoms with Crippen molar-refractivity contribution in [2.75, 3.05) is 32.5 Å². The van der Waals surface area contributed by atoms with Crippen LogP contribution in [0.25, 0.3) is 0 Å². The summed E-state index contributed by atoms with van der Waals surface area (Å²) >= 11 is 6.10. The highest BCUT2D eigenvalue weighted by atomic mass is 35.5. The van der Waals surface area contributed by atoms with E-state index in [4.69, 9.17) is 11.6 Å². The third-order valence-corrected chi connectivity index (χ3v) is 5.17. The Morgan fingerprint density at radius 2 is 1.72 bits per heavy atom. The van der Waals surface area contributed by atoms with Crippen LogP contribution in [0, 0.1) is 18.8 Å². The second kappa shape index (κ2) is 9.20. The van der Waals surface area contributed by atoms with Gasteiger partial charge in [-0.1, -0.05) is 17.7 Å². The van der Waals surface area contributed by atoms with Gasteiger partial charge in [0.2, 0.25) is 11.8 Å². The Kier molecular flexibility index (Phi) is 7.26. The minimum absolute atomic E-state index is 0.0198. The molecule has 1 saturated carbocycles. The van der Waals surface area contributed by atoms with E-state index in [1.807, 2.05) is 38.1 Å². The topological polar surface area (TPSA) is 61.4 Å². The summed E-state index contributed by atoms with van der Waals surface area (Å²) < 4.78 is 0. The van der Waals surface area contributed by atoms with Crippen LogP contribution in [-0.4, -0.2) is 43.9 Å². The number of rotatable bonds is 6. The molecule has 25 heavy (non-hydrogen) atoms. The number of hydrogen-bond donors (Lipinski definition) is 2. The summed E-state index contributed by atoms with van der Waals surface area (Å²) in [6.45, 7) is 3.43. The van der Waals surface area contributed by atoms with Gasteiger partial charge < -0.3 is 15.5 Å². The summed E-state index contributed by atoms with van der Waals surface area (Å²) in [7, 11) is 3.97. The molecule has 0 saturated heterocycles. The maximum atomic E-state index is 12.4. The molecule has 1 aliphatic carbocycles. The third kappa shape index (κ3) is 6.01. The molecule has 0 spiro atoms. The first-order valence-electron chi connectivity index (χ1n) is 8.86. The molecule has 0 atom stereocenters. The summed E-state index contributed by atoms with van der Waals surface area (Å²) in [4.78, 5) is 26.6. The van der Waals surface area contributed by atoms with E-state index in [1.165, 1.54) is 0 Å². The van der Waals surface area contributed by atoms with Crippen molar-refractivity contribution in [1.29, 1.82) is 0 Å². The second-order valence-electron chi connectivity index (χ2n) is 7.10. The minimum Gasteiger partial charge on any atom is -0.355 e. The first-order chi connectivity index (χ1) is 11.9. The largest absolute Gasteiger partial charge is 0.355 e. The van der Waals surface area contributed by atoms with Crippen molar-refractivity contribution >= 4 is 29.1 Å². The van der Waals surface area contributed by atoms with Gasteiger partial charge in [0.1, 0.15) is 0 Å². The van der Waals surface area contributed by atoms with Gasteiger partial charge in [-0.05, 0) is 64.4 Å². The summed E-state index contributed by atoms with van der Waals surface area (Å²) in [6.07, 6.45) is 3.02. The number of amides is 2. The highest BCUT2D eigenvalue weighted by molar-refractivity contribution is 6.31. The molecule has 0 heterocycles. The lowest BCUT2D eigenvalue weighted by molar-refractivity contribution is -0.128. The lowest BCUT2D eigenvalue weighted by atomic mass is 9.81. The van der Waals surface area contributed by atoms with Crippen LogP contribution in [0.5, 0.6) is 0 Å². The van der Waals surface area contributed by atoms with E-state index in [9.17, 15) is 9.59 Å². The van der Waals surface area contributed by atoms with Gasteiger partial charge in [0, 0.05) is 35.6 Å². The normalized spacial score (nSPS) is 20.4. The average Bonchev–Trinajstić information content (AvgIpc) is 2.58. The van der Waals surface area contributed by atoms with E-state index in [1.54, 1.807) is 6.07 Å². The van der Waals surface area contributed by atoms with Gasteiger partial charge in [0.25, 0.3) is 0 Å². The van der Waals surface area contributed by atoms with Gasteiger partial charge in [-0.15, -0.1) is 0 Å². The van der Waals surface area contributed by atoms with Crippen molar-refractivity contribution in [2.45, 2.75) is 32.6 Å². The molecule has 0 aliphatic heterocycles. The SMILES string of the molecule is Cc1ccc(NC(=O)C2CCC(C(=O)NCCN(C)C)CC2)cc1Cl. The van der Waals surface area contributed by atoms with Crippen LogP contribution in [0.3, 0.4) is 0 Å². The second-order valence-corrected chi connectivity index (χ2v) is 7.50. The molecule has 2 N–H and O–H groups in total. The Labute approximate surface area is 155 Å². The first kappa shape index (κ1) is 19.7. The molecule has 1 fully saturated rings. The van der Waals surface area contributed by atoms with E-state index < -0.39 is 0 Å². The van der Waals surface area contributed by atoms with Gasteiger partial charge in [-0.2, -0.15) is 0 Å². The number of benzene rings is 1. The zero-order valence-electron chi connectivity index (χ0n) is 15.3. The number of hydrogen-bond acceptors (Lipinski definition) is 3. The predicted molar refractivity (Wildman–Crippen MR) is 102 cm³/mol. The Bertz CT molecular complexity index is 611. The van der Waals surface area contributed by atoms with Crippen molar-refractivity contribution in [3.63, 3.8) is 0 Å². The molecule has 1 aromatic rings. The minimum atomic E-state index is -0.0362. The number of carbonyl (C=O) groups is 2. The average molecular weight is 366 g/mol. The van der Waals surface area contributed by atoms with Gasteiger partial charge >= 0.3 is 0 Å². The number of nitrogens with one attached hydrogen (secondary N) is 2. The molecule has 0 radical (unpaired) electrons. The summed E-state index contributed by atoms with van der Waals surface area (Å²) in [5, 5.41) is 6.57. The molecule has 5 nitrogen and oxygen atoms in total. The summed E-state index contributed by atoms with van der Waals surface area (Å²) in [5.41, 5.74) is 1.71. The van der Waals surface area contributed by atoms with E-state index in [0.717, 1.165) is 43.5 Å². The predicted octanol–water partition coefficient (Wildman–Crippen LogP) is 3.07. The van der Waals surface area contributed by atoms with Crippen LogP contribution < -0.4 is 10.6 Å². The molecule has 1 aromatic carbocycles. The van der Waals surface area contributed by atoms with Crippen LogP contribution in [0.4, 0.5) is 5.69 Å². The van der Waals surface area contributed by atoms with E-state index in [2.05, 4.69) is 10.6 Å². The fourth-order valence-corrected chi connectivity index (χ4v) is 3.26. The number of nitrogens with zero attached hydrogens (tertiary/aromatic N) is 1. The molecular formula is C19H28ClN3O2. The van der Waals surface area contributed by atoms with Crippen LogP contribution >= 0.6 is 11.6 Å². The maximum Gasteiger partial charge on any atom is 0.227 e. The van der Waals surface area contributed by atoms with Gasteiger partial charge in [-0.25, -0.2) is 0 Å². The standard InChI is InChI=1S/C19H28ClN3O2/c1-13-4-9-16(12-17(13)20)22-19(25)15-7-5-14(6-8-15)18(24)21-10-11-23(2)3/h4,9,12,14-15H,5-8,10-11H2,1-3H3,(H,21,24)(H,22,25). The molecule has 0 bridgehead atoms. The number of carbonyl (C=O) groups excluding carboxylic acids is 2. The highest BCUT2D eigenvalue weighted by Crippen LogP contribution is 2.30. The molecule has 0 aromatic heterocycles. The third-order valence-electron chi connectivity index (χ3n) is 4.77. The smallest absolute Gasteiger partial charge is 0.227 e. The lowest BCUT2D eigenvalue weighted by Gasteiger charge is -2.27. The van der Waals surface area contributed by atoms with Crippen molar-refractivity contribution in [3.8, 4) is 0 Å². The highest BCUT2D eigenvalue weighted by Gasteiger charge is 2.29.